The molecular weight excluding hydrogens is 240 g/mol. The van der Waals surface area contributed by atoms with Crippen LogP contribution in [0.5, 0.6) is 0 Å². The first-order valence-corrected chi connectivity index (χ1v) is 6.59. The smallest absolute Gasteiger partial charge is 0.263 e. The summed E-state index contributed by atoms with van der Waals surface area (Å²) in [5, 5.41) is -0.0128. The molecule has 17 heavy (non-hydrogen) atoms. The standard InChI is InChI=1S/C10H16N4O2S/c1-4-6-14(7-5-2)17(15,16)10-9(11)12-8-13(10)3/h1,8H,5-7,11H2,2-3H3. The second kappa shape index (κ2) is 5.21. The molecule has 0 spiro atoms. The number of nitrogens with two attached hydrogens (primary N) is 1. The first-order chi connectivity index (χ1) is 7.95. The molecule has 0 radical (unpaired) electrons. The quantitative estimate of drug-likeness (QED) is 0.754. The van der Waals surface area contributed by atoms with E-state index in [0.29, 0.717) is 13.0 Å². The van der Waals surface area contributed by atoms with Crippen molar-refractivity contribution in [1.82, 2.24) is 13.9 Å². The Bertz CT molecular complexity index is 507. The summed E-state index contributed by atoms with van der Waals surface area (Å²) >= 11 is 0. The van der Waals surface area contributed by atoms with Gasteiger partial charge < -0.3 is 10.3 Å². The van der Waals surface area contributed by atoms with Crippen molar-refractivity contribution in [3.8, 4) is 12.3 Å². The lowest BCUT2D eigenvalue weighted by molar-refractivity contribution is 0.441. The van der Waals surface area contributed by atoms with E-state index < -0.39 is 10.0 Å². The lowest BCUT2D eigenvalue weighted by Crippen LogP contribution is -2.33. The fraction of sp³-hybridized carbons (Fsp3) is 0.500. The van der Waals surface area contributed by atoms with Crippen LogP contribution in [0.1, 0.15) is 13.3 Å². The molecule has 7 heteroatoms. The van der Waals surface area contributed by atoms with Crippen LogP contribution in [0.4, 0.5) is 5.82 Å². The maximum atomic E-state index is 12.3. The highest BCUT2D eigenvalue weighted by Crippen LogP contribution is 2.20. The third-order valence-electron chi connectivity index (χ3n) is 2.23. The number of nitrogens with zero attached hydrogens (tertiary/aromatic N) is 3. The summed E-state index contributed by atoms with van der Waals surface area (Å²) < 4.78 is 27.2. The minimum absolute atomic E-state index is 0.00868. The third kappa shape index (κ3) is 2.60. The minimum atomic E-state index is -3.68. The third-order valence-corrected chi connectivity index (χ3v) is 4.21. The summed E-state index contributed by atoms with van der Waals surface area (Å²) in [7, 11) is -2.10. The Hall–Kier alpha value is -1.52. The fourth-order valence-corrected chi connectivity index (χ4v) is 3.15. The Kier molecular flexibility index (Phi) is 4.15. The highest BCUT2D eigenvalue weighted by Gasteiger charge is 2.28. The van der Waals surface area contributed by atoms with Gasteiger partial charge in [0, 0.05) is 13.6 Å². The number of hydrogen-bond donors (Lipinski definition) is 1. The number of imidazole rings is 1. The van der Waals surface area contributed by atoms with Crippen molar-refractivity contribution in [2.45, 2.75) is 18.4 Å². The van der Waals surface area contributed by atoms with Crippen LogP contribution in [-0.2, 0) is 17.1 Å². The molecule has 0 aromatic carbocycles. The molecule has 0 saturated carbocycles. The van der Waals surface area contributed by atoms with E-state index in [4.69, 9.17) is 12.2 Å². The van der Waals surface area contributed by atoms with E-state index in [2.05, 4.69) is 10.9 Å². The SMILES string of the molecule is C#CCN(CCC)S(=O)(=O)c1c(N)ncn1C. The molecule has 2 N–H and O–H groups in total. The molecule has 0 aliphatic rings. The predicted molar refractivity (Wildman–Crippen MR) is 65.5 cm³/mol. The number of aromatic nitrogens is 2. The van der Waals surface area contributed by atoms with Crippen molar-refractivity contribution in [1.29, 1.82) is 0 Å². The lowest BCUT2D eigenvalue weighted by Gasteiger charge is -2.19. The molecule has 0 aliphatic carbocycles. The first kappa shape index (κ1) is 13.5. The van der Waals surface area contributed by atoms with Crippen LogP contribution in [0, 0.1) is 12.3 Å². The summed E-state index contributed by atoms with van der Waals surface area (Å²) in [5.74, 6) is 2.33. The summed E-state index contributed by atoms with van der Waals surface area (Å²) in [6.07, 6.45) is 7.22. The molecule has 0 fully saturated rings. The number of terminal acetylenes is 1. The first-order valence-electron chi connectivity index (χ1n) is 5.15. The van der Waals surface area contributed by atoms with Crippen molar-refractivity contribution in [3.63, 3.8) is 0 Å². The molecule has 0 amide bonds. The average Bonchev–Trinajstić information content (AvgIpc) is 2.58. The zero-order valence-corrected chi connectivity index (χ0v) is 10.7. The van der Waals surface area contributed by atoms with Gasteiger partial charge in [-0.1, -0.05) is 12.8 Å². The normalized spacial score (nSPS) is 11.6. The second-order valence-corrected chi connectivity index (χ2v) is 5.44. The van der Waals surface area contributed by atoms with Crippen molar-refractivity contribution in [2.24, 2.45) is 7.05 Å². The number of nitrogen functional groups attached to an aromatic ring is 1. The van der Waals surface area contributed by atoms with Gasteiger partial charge in [-0.25, -0.2) is 13.4 Å². The molecule has 0 atom stereocenters. The predicted octanol–water partition coefficient (Wildman–Crippen LogP) is 0.0362. The van der Waals surface area contributed by atoms with Crippen LogP contribution in [-0.4, -0.2) is 35.4 Å². The number of sulfonamides is 1. The number of aryl methyl sites for hydroxylation is 1. The fourth-order valence-electron chi connectivity index (χ4n) is 1.51. The van der Waals surface area contributed by atoms with E-state index in [0.717, 1.165) is 0 Å². The Morgan fingerprint density at radius 1 is 1.65 bits per heavy atom. The van der Waals surface area contributed by atoms with Gasteiger partial charge in [-0.05, 0) is 6.42 Å². The van der Waals surface area contributed by atoms with Gasteiger partial charge in [0.1, 0.15) is 0 Å². The van der Waals surface area contributed by atoms with Gasteiger partial charge in [0.25, 0.3) is 10.0 Å². The van der Waals surface area contributed by atoms with E-state index in [1.54, 1.807) is 7.05 Å². The van der Waals surface area contributed by atoms with E-state index in [-0.39, 0.29) is 17.4 Å². The molecule has 0 unspecified atom stereocenters. The second-order valence-electron chi connectivity index (χ2n) is 3.59. The molecule has 0 aliphatic heterocycles. The van der Waals surface area contributed by atoms with Crippen LogP contribution in [0.15, 0.2) is 11.4 Å². The molecule has 6 nitrogen and oxygen atoms in total. The maximum absolute atomic E-state index is 12.3. The molecule has 1 heterocycles. The van der Waals surface area contributed by atoms with Gasteiger partial charge in [-0.3, -0.25) is 0 Å². The highest BCUT2D eigenvalue weighted by molar-refractivity contribution is 7.89. The summed E-state index contributed by atoms with van der Waals surface area (Å²) in [6.45, 7) is 2.27. The van der Waals surface area contributed by atoms with Gasteiger partial charge >= 0.3 is 0 Å². The van der Waals surface area contributed by atoms with Gasteiger partial charge in [-0.15, -0.1) is 6.42 Å². The average molecular weight is 256 g/mol. The number of anilines is 1. The Morgan fingerprint density at radius 2 is 2.29 bits per heavy atom. The van der Waals surface area contributed by atoms with E-state index >= 15 is 0 Å². The molecular formula is C10H16N4O2S. The van der Waals surface area contributed by atoms with Gasteiger partial charge in [0.2, 0.25) is 0 Å². The van der Waals surface area contributed by atoms with Crippen LogP contribution in [0.2, 0.25) is 0 Å². The maximum Gasteiger partial charge on any atom is 0.263 e. The van der Waals surface area contributed by atoms with E-state index in [9.17, 15) is 8.42 Å². The van der Waals surface area contributed by atoms with E-state index in [1.165, 1.54) is 15.2 Å². The Labute approximate surface area is 101 Å². The molecule has 0 saturated heterocycles. The Balaban J connectivity index is 3.22. The minimum Gasteiger partial charge on any atom is -0.381 e. The van der Waals surface area contributed by atoms with Gasteiger partial charge in [-0.2, -0.15) is 4.31 Å². The topological polar surface area (TPSA) is 81.2 Å². The number of rotatable bonds is 5. The van der Waals surface area contributed by atoms with Gasteiger partial charge in [0.05, 0.1) is 12.9 Å². The highest BCUT2D eigenvalue weighted by atomic mass is 32.2. The molecule has 94 valence electrons. The van der Waals surface area contributed by atoms with Crippen LogP contribution >= 0.6 is 0 Å². The zero-order chi connectivity index (χ0) is 13.1. The van der Waals surface area contributed by atoms with Crippen molar-refractivity contribution in [2.75, 3.05) is 18.8 Å². The van der Waals surface area contributed by atoms with Crippen LogP contribution in [0.25, 0.3) is 0 Å². The zero-order valence-electron chi connectivity index (χ0n) is 9.92. The van der Waals surface area contributed by atoms with Crippen molar-refractivity contribution < 1.29 is 8.42 Å². The number of hydrogen-bond acceptors (Lipinski definition) is 4. The Morgan fingerprint density at radius 3 is 2.71 bits per heavy atom. The molecule has 1 aromatic rings. The summed E-state index contributed by atoms with van der Waals surface area (Å²) in [4.78, 5) is 3.77. The van der Waals surface area contributed by atoms with E-state index in [1.807, 2.05) is 6.92 Å². The largest absolute Gasteiger partial charge is 0.381 e. The van der Waals surface area contributed by atoms with Crippen LogP contribution in [0.3, 0.4) is 0 Å². The molecule has 1 rings (SSSR count). The molecule has 1 aromatic heterocycles. The van der Waals surface area contributed by atoms with Crippen molar-refractivity contribution >= 4 is 15.8 Å². The van der Waals surface area contributed by atoms with Gasteiger partial charge in [0.15, 0.2) is 10.8 Å². The molecule has 0 bridgehead atoms. The van der Waals surface area contributed by atoms with Crippen LogP contribution < -0.4 is 5.73 Å². The summed E-state index contributed by atoms with van der Waals surface area (Å²) in [5.41, 5.74) is 5.57. The van der Waals surface area contributed by atoms with Crippen molar-refractivity contribution in [3.05, 3.63) is 6.33 Å². The monoisotopic (exact) mass is 256 g/mol. The lowest BCUT2D eigenvalue weighted by atomic mass is 10.5. The summed E-state index contributed by atoms with van der Waals surface area (Å²) in [6, 6.07) is 0.